The van der Waals surface area contributed by atoms with E-state index in [4.69, 9.17) is 9.47 Å². The van der Waals surface area contributed by atoms with E-state index in [2.05, 4.69) is 4.72 Å². The van der Waals surface area contributed by atoms with Gasteiger partial charge in [0.15, 0.2) is 6.10 Å². The van der Waals surface area contributed by atoms with Crippen LogP contribution in [0.5, 0.6) is 5.75 Å². The molecule has 2 N–H and O–H groups in total. The minimum Gasteiger partial charge on any atom is -0.485 e. The van der Waals surface area contributed by atoms with Crippen molar-refractivity contribution in [2.45, 2.75) is 38.5 Å². The molecule has 1 amide bonds. The Morgan fingerprint density at radius 1 is 1.06 bits per heavy atom. The maximum atomic E-state index is 12.8. The SMILES string of the molecule is CO[C@@H]1CN(C(=O)O)C(c2c(C)cccc2C)[C@H]1Oc1cccc(NS(=O)(=O)N2CC3CC3C2)c1. The van der Waals surface area contributed by atoms with Crippen LogP contribution in [-0.4, -0.2) is 67.8 Å². The Balaban J connectivity index is 1.41. The summed E-state index contributed by atoms with van der Waals surface area (Å²) in [7, 11) is -2.10. The number of fused-ring (bicyclic) bond motifs is 1. The smallest absolute Gasteiger partial charge is 0.408 e. The van der Waals surface area contributed by atoms with Crippen molar-refractivity contribution in [2.24, 2.45) is 11.8 Å². The highest BCUT2D eigenvalue weighted by molar-refractivity contribution is 7.90. The summed E-state index contributed by atoms with van der Waals surface area (Å²) in [4.78, 5) is 13.5. The van der Waals surface area contributed by atoms with Gasteiger partial charge in [-0.2, -0.15) is 12.7 Å². The van der Waals surface area contributed by atoms with Crippen LogP contribution in [0.2, 0.25) is 0 Å². The number of benzene rings is 2. The Morgan fingerprint density at radius 2 is 1.71 bits per heavy atom. The zero-order chi connectivity index (χ0) is 24.9. The first-order valence-corrected chi connectivity index (χ1v) is 13.2. The number of hydrogen-bond acceptors (Lipinski definition) is 5. The van der Waals surface area contributed by atoms with Crippen molar-refractivity contribution in [1.82, 2.24) is 9.21 Å². The molecule has 2 saturated heterocycles. The van der Waals surface area contributed by atoms with Gasteiger partial charge < -0.3 is 14.6 Å². The van der Waals surface area contributed by atoms with Gasteiger partial charge in [-0.15, -0.1) is 0 Å². The molecule has 35 heavy (non-hydrogen) atoms. The first-order valence-electron chi connectivity index (χ1n) is 11.8. The molecule has 2 aliphatic heterocycles. The van der Waals surface area contributed by atoms with Crippen LogP contribution in [0.4, 0.5) is 10.5 Å². The molecule has 9 nitrogen and oxygen atoms in total. The summed E-state index contributed by atoms with van der Waals surface area (Å²) >= 11 is 0. The van der Waals surface area contributed by atoms with Crippen molar-refractivity contribution >= 4 is 22.0 Å². The highest BCUT2D eigenvalue weighted by Crippen LogP contribution is 2.46. The summed E-state index contributed by atoms with van der Waals surface area (Å²) in [6.45, 7) is 5.21. The summed E-state index contributed by atoms with van der Waals surface area (Å²) in [6.07, 6.45) is -1.04. The van der Waals surface area contributed by atoms with E-state index in [1.807, 2.05) is 32.0 Å². The lowest BCUT2D eigenvalue weighted by Crippen LogP contribution is -2.36. The zero-order valence-corrected chi connectivity index (χ0v) is 20.9. The van der Waals surface area contributed by atoms with Gasteiger partial charge in [0.2, 0.25) is 0 Å². The first-order chi connectivity index (χ1) is 16.7. The van der Waals surface area contributed by atoms with E-state index in [0.717, 1.165) is 23.1 Å². The molecule has 2 aromatic rings. The minimum absolute atomic E-state index is 0.165. The van der Waals surface area contributed by atoms with Crippen LogP contribution in [0.1, 0.15) is 29.2 Å². The second-order valence-corrected chi connectivity index (χ2v) is 11.4. The molecule has 2 aromatic carbocycles. The maximum absolute atomic E-state index is 12.8. The molecule has 3 unspecified atom stereocenters. The van der Waals surface area contributed by atoms with Crippen LogP contribution in [-0.2, 0) is 14.9 Å². The van der Waals surface area contributed by atoms with Gasteiger partial charge in [0.05, 0.1) is 12.2 Å². The molecule has 0 spiro atoms. The van der Waals surface area contributed by atoms with Crippen LogP contribution >= 0.6 is 0 Å². The number of hydrogen-bond donors (Lipinski definition) is 2. The lowest BCUT2D eigenvalue weighted by Gasteiger charge is -2.30. The number of nitrogens with one attached hydrogen (secondary N) is 1. The second-order valence-electron chi connectivity index (χ2n) is 9.75. The van der Waals surface area contributed by atoms with Crippen molar-refractivity contribution in [3.05, 3.63) is 59.2 Å². The first kappa shape index (κ1) is 23.9. The number of likely N-dealkylation sites (tertiary alicyclic amines) is 1. The quantitative estimate of drug-likeness (QED) is 0.602. The minimum atomic E-state index is -3.64. The molecule has 2 heterocycles. The number of aryl methyl sites for hydroxylation is 2. The third-order valence-electron chi connectivity index (χ3n) is 7.41. The molecule has 1 saturated carbocycles. The fourth-order valence-corrected chi connectivity index (χ4v) is 6.84. The second kappa shape index (κ2) is 9.00. The number of methoxy groups -OCH3 is 1. The average Bonchev–Trinajstić information content (AvgIpc) is 3.23. The number of anilines is 1. The molecule has 1 aliphatic carbocycles. The van der Waals surface area contributed by atoms with Gasteiger partial charge in [0.25, 0.3) is 0 Å². The lowest BCUT2D eigenvalue weighted by atomic mass is 9.92. The molecule has 0 aromatic heterocycles. The number of nitrogens with zero attached hydrogens (tertiary/aromatic N) is 2. The van der Waals surface area contributed by atoms with Crippen LogP contribution in [0.25, 0.3) is 0 Å². The Hall–Kier alpha value is -2.82. The molecule has 5 atom stereocenters. The molecule has 3 aliphatic rings. The number of ether oxygens (including phenoxy) is 2. The Bertz CT molecular complexity index is 1210. The van der Waals surface area contributed by atoms with E-state index in [1.54, 1.807) is 31.4 Å². The zero-order valence-electron chi connectivity index (χ0n) is 20.0. The third kappa shape index (κ3) is 4.57. The molecule has 188 valence electrons. The van der Waals surface area contributed by atoms with E-state index in [-0.39, 0.29) is 6.54 Å². The molecular weight excluding hydrogens is 470 g/mol. The Labute approximate surface area is 205 Å². The van der Waals surface area contributed by atoms with Crippen LogP contribution < -0.4 is 9.46 Å². The molecular formula is C25H31N3O6S. The van der Waals surface area contributed by atoms with Crippen LogP contribution in [0, 0.1) is 25.7 Å². The largest absolute Gasteiger partial charge is 0.485 e. The lowest BCUT2D eigenvalue weighted by molar-refractivity contribution is 0.0228. The van der Waals surface area contributed by atoms with E-state index < -0.39 is 34.6 Å². The number of piperidine rings is 1. The van der Waals surface area contributed by atoms with E-state index in [1.165, 1.54) is 9.21 Å². The summed E-state index contributed by atoms with van der Waals surface area (Å²) < 4.78 is 41.8. The molecule has 3 fully saturated rings. The Kier molecular flexibility index (Phi) is 6.14. The van der Waals surface area contributed by atoms with Gasteiger partial charge in [0, 0.05) is 26.3 Å². The van der Waals surface area contributed by atoms with E-state index in [9.17, 15) is 18.3 Å². The number of carbonyl (C=O) groups is 1. The number of amides is 1. The molecule has 0 bridgehead atoms. The van der Waals surface area contributed by atoms with Gasteiger partial charge in [-0.25, -0.2) is 4.79 Å². The van der Waals surface area contributed by atoms with Crippen molar-refractivity contribution in [3.63, 3.8) is 0 Å². The van der Waals surface area contributed by atoms with Gasteiger partial charge in [-0.1, -0.05) is 24.3 Å². The third-order valence-corrected chi connectivity index (χ3v) is 8.89. The van der Waals surface area contributed by atoms with Crippen molar-refractivity contribution in [3.8, 4) is 5.75 Å². The summed E-state index contributed by atoms with van der Waals surface area (Å²) in [5, 5.41) is 9.95. The molecule has 10 heteroatoms. The van der Waals surface area contributed by atoms with Crippen molar-refractivity contribution in [2.75, 3.05) is 31.5 Å². The maximum Gasteiger partial charge on any atom is 0.408 e. The topological polar surface area (TPSA) is 108 Å². The Morgan fingerprint density at radius 3 is 2.34 bits per heavy atom. The van der Waals surface area contributed by atoms with Gasteiger partial charge in [0.1, 0.15) is 17.9 Å². The number of rotatable bonds is 7. The normalized spacial score (nSPS) is 28.1. The predicted molar refractivity (Wildman–Crippen MR) is 131 cm³/mol. The standard InChI is InChI=1S/C25H31N3O6S/c1-15-6-4-7-16(2)22(15)23-24(21(33-3)14-28(23)25(29)30)34-20-9-5-8-19(11-20)26-35(31,32)27-12-17-10-18(17)13-27/h4-9,11,17-18,21,23-24,26H,10,12-14H2,1-3H3,(H,29,30)/t17?,18?,21-,23?,24+/m1/s1. The predicted octanol–water partition coefficient (Wildman–Crippen LogP) is 3.41. The van der Waals surface area contributed by atoms with E-state index in [0.29, 0.717) is 36.4 Å². The molecule has 5 rings (SSSR count). The van der Waals surface area contributed by atoms with Gasteiger partial charge in [-0.3, -0.25) is 9.62 Å². The van der Waals surface area contributed by atoms with Gasteiger partial charge in [-0.05, 0) is 60.9 Å². The summed E-state index contributed by atoms with van der Waals surface area (Å²) in [6, 6.07) is 12.0. The van der Waals surface area contributed by atoms with Gasteiger partial charge >= 0.3 is 16.3 Å². The van der Waals surface area contributed by atoms with Crippen LogP contribution in [0.15, 0.2) is 42.5 Å². The highest BCUT2D eigenvalue weighted by Gasteiger charge is 2.49. The summed E-state index contributed by atoms with van der Waals surface area (Å²) in [5.41, 5.74) is 3.23. The monoisotopic (exact) mass is 501 g/mol. The summed E-state index contributed by atoms with van der Waals surface area (Å²) in [5.74, 6) is 1.42. The number of carboxylic acid groups (broad SMARTS) is 1. The highest BCUT2D eigenvalue weighted by atomic mass is 32.2. The fourth-order valence-electron chi connectivity index (χ4n) is 5.51. The van der Waals surface area contributed by atoms with Crippen LogP contribution in [0.3, 0.4) is 0 Å². The van der Waals surface area contributed by atoms with E-state index >= 15 is 0 Å². The molecule has 0 radical (unpaired) electrons. The van der Waals surface area contributed by atoms with Crippen molar-refractivity contribution < 1.29 is 27.8 Å². The fraction of sp³-hybridized carbons (Fsp3) is 0.480. The van der Waals surface area contributed by atoms with Crippen molar-refractivity contribution in [1.29, 1.82) is 0 Å². The average molecular weight is 502 g/mol.